The van der Waals surface area contributed by atoms with Crippen LogP contribution in [0, 0.1) is 0 Å². The van der Waals surface area contributed by atoms with Gasteiger partial charge >= 0.3 is 11.9 Å². The summed E-state index contributed by atoms with van der Waals surface area (Å²) in [5.41, 5.74) is 0. The summed E-state index contributed by atoms with van der Waals surface area (Å²) in [6.45, 7) is 15.3. The molecular formula is C47H87N3O5. The largest absolute Gasteiger partial charge is 0.466 e. The third-order valence-electron chi connectivity index (χ3n) is 10.9. The molecule has 320 valence electrons. The Balaban J connectivity index is 2.31. The molecule has 1 N–H and O–H groups in total. The lowest BCUT2D eigenvalue weighted by Crippen LogP contribution is -2.36. The molecule has 1 amide bonds. The molecule has 1 atom stereocenters. The fourth-order valence-corrected chi connectivity index (χ4v) is 7.38. The van der Waals surface area contributed by atoms with Gasteiger partial charge in [-0.25, -0.2) is 0 Å². The fraction of sp³-hybridized carbons (Fsp3) is 0.851. The van der Waals surface area contributed by atoms with E-state index in [-0.39, 0.29) is 23.9 Å². The van der Waals surface area contributed by atoms with E-state index in [1.807, 2.05) is 11.1 Å². The van der Waals surface area contributed by atoms with Crippen LogP contribution in [0.3, 0.4) is 0 Å². The van der Waals surface area contributed by atoms with Crippen molar-refractivity contribution >= 4 is 17.8 Å². The van der Waals surface area contributed by atoms with E-state index >= 15 is 0 Å². The van der Waals surface area contributed by atoms with Crippen LogP contribution in [-0.2, 0) is 23.9 Å². The summed E-state index contributed by atoms with van der Waals surface area (Å²) in [4.78, 5) is 41.1. The van der Waals surface area contributed by atoms with Crippen LogP contribution in [0.2, 0.25) is 0 Å². The highest BCUT2D eigenvalue weighted by Gasteiger charge is 2.15. The van der Waals surface area contributed by atoms with Gasteiger partial charge in [0.25, 0.3) is 5.91 Å². The van der Waals surface area contributed by atoms with Crippen LogP contribution in [0.15, 0.2) is 24.7 Å². The molecule has 8 heteroatoms. The number of hydrogen-bond acceptors (Lipinski definition) is 7. The van der Waals surface area contributed by atoms with E-state index in [4.69, 9.17) is 9.47 Å². The van der Waals surface area contributed by atoms with E-state index in [9.17, 15) is 14.4 Å². The third kappa shape index (κ3) is 31.4. The predicted molar refractivity (Wildman–Crippen MR) is 231 cm³/mol. The lowest BCUT2D eigenvalue weighted by Gasteiger charge is -2.28. The van der Waals surface area contributed by atoms with Crippen molar-refractivity contribution in [2.45, 2.75) is 226 Å². The van der Waals surface area contributed by atoms with E-state index < -0.39 is 0 Å². The second-order valence-corrected chi connectivity index (χ2v) is 16.2. The van der Waals surface area contributed by atoms with Gasteiger partial charge in [-0.3, -0.25) is 14.4 Å². The molecule has 1 heterocycles. The van der Waals surface area contributed by atoms with Crippen molar-refractivity contribution in [3.63, 3.8) is 0 Å². The van der Waals surface area contributed by atoms with Crippen molar-refractivity contribution in [2.24, 2.45) is 0 Å². The first kappa shape index (κ1) is 50.7. The van der Waals surface area contributed by atoms with Crippen LogP contribution in [0.1, 0.15) is 220 Å². The molecule has 0 aromatic rings. The van der Waals surface area contributed by atoms with E-state index in [0.29, 0.717) is 25.3 Å². The normalized spacial score (nSPS) is 13.4. The van der Waals surface area contributed by atoms with Gasteiger partial charge in [-0.05, 0) is 83.8 Å². The second-order valence-electron chi connectivity index (χ2n) is 16.2. The lowest BCUT2D eigenvalue weighted by atomic mass is 10.0. The summed E-state index contributed by atoms with van der Waals surface area (Å²) in [6, 6.07) is 0. The molecule has 0 saturated heterocycles. The van der Waals surface area contributed by atoms with Crippen molar-refractivity contribution in [2.75, 3.05) is 32.8 Å². The number of esters is 2. The fourth-order valence-electron chi connectivity index (χ4n) is 7.38. The van der Waals surface area contributed by atoms with Crippen molar-refractivity contribution in [1.29, 1.82) is 0 Å². The molecule has 0 saturated carbocycles. The monoisotopic (exact) mass is 774 g/mol. The summed E-state index contributed by atoms with van der Waals surface area (Å²) in [5, 5.41) is 2.79. The van der Waals surface area contributed by atoms with Crippen LogP contribution in [0.4, 0.5) is 0 Å². The first-order valence-corrected chi connectivity index (χ1v) is 23.4. The Morgan fingerprint density at radius 2 is 1.07 bits per heavy atom. The van der Waals surface area contributed by atoms with Crippen molar-refractivity contribution in [3.8, 4) is 0 Å². The van der Waals surface area contributed by atoms with E-state index in [0.717, 1.165) is 116 Å². The average molecular weight is 774 g/mol. The predicted octanol–water partition coefficient (Wildman–Crippen LogP) is 12.3. The van der Waals surface area contributed by atoms with Gasteiger partial charge in [-0.1, -0.05) is 149 Å². The van der Waals surface area contributed by atoms with Crippen molar-refractivity contribution < 1.29 is 23.9 Å². The first-order valence-electron chi connectivity index (χ1n) is 23.4. The van der Waals surface area contributed by atoms with Crippen LogP contribution in [0.25, 0.3) is 0 Å². The summed E-state index contributed by atoms with van der Waals surface area (Å²) >= 11 is 0. The van der Waals surface area contributed by atoms with Gasteiger partial charge < -0.3 is 24.6 Å². The van der Waals surface area contributed by atoms with Gasteiger partial charge in [0.2, 0.25) is 0 Å². The highest BCUT2D eigenvalue weighted by atomic mass is 16.5. The number of rotatable bonds is 40. The molecule has 8 nitrogen and oxygen atoms in total. The summed E-state index contributed by atoms with van der Waals surface area (Å²) in [6.07, 6.45) is 38.4. The Morgan fingerprint density at radius 1 is 0.618 bits per heavy atom. The van der Waals surface area contributed by atoms with Crippen LogP contribution in [0.5, 0.6) is 0 Å². The van der Waals surface area contributed by atoms with Crippen molar-refractivity contribution in [3.05, 3.63) is 24.7 Å². The molecule has 0 aromatic heterocycles. The summed E-state index contributed by atoms with van der Waals surface area (Å²) < 4.78 is 11.5. The maximum atomic E-state index is 12.7. The van der Waals surface area contributed by atoms with Gasteiger partial charge in [0.05, 0.1) is 6.61 Å². The minimum Gasteiger partial charge on any atom is -0.466 e. The number of carbonyl (C=O) groups excluding carboxylic acids is 3. The Bertz CT molecular complexity index is 986. The summed E-state index contributed by atoms with van der Waals surface area (Å²) in [5.74, 6) is 0.503. The molecule has 0 radical (unpaired) electrons. The van der Waals surface area contributed by atoms with Gasteiger partial charge in [-0.15, -0.1) is 0 Å². The molecule has 0 spiro atoms. The van der Waals surface area contributed by atoms with Crippen LogP contribution < -0.4 is 5.32 Å². The third-order valence-corrected chi connectivity index (χ3v) is 10.9. The number of hydrogen-bond donors (Lipinski definition) is 1. The molecule has 0 aliphatic carbocycles. The topological polar surface area (TPSA) is 88.2 Å². The molecular weight excluding hydrogens is 687 g/mol. The van der Waals surface area contributed by atoms with Crippen molar-refractivity contribution in [1.82, 2.24) is 15.1 Å². The smallest absolute Gasteiger partial charge is 0.306 e. The number of carbonyl (C=O) groups is 3. The van der Waals surface area contributed by atoms with Crippen LogP contribution in [-0.4, -0.2) is 66.5 Å². The highest BCUT2D eigenvalue weighted by molar-refractivity contribution is 5.89. The van der Waals surface area contributed by atoms with E-state index in [2.05, 4.69) is 37.6 Å². The second kappa shape index (κ2) is 37.2. The molecule has 0 fully saturated rings. The van der Waals surface area contributed by atoms with Gasteiger partial charge in [-0.2, -0.15) is 0 Å². The van der Waals surface area contributed by atoms with E-state index in [1.54, 1.807) is 6.08 Å². The first-order chi connectivity index (χ1) is 26.9. The molecule has 1 aliphatic rings. The zero-order chi connectivity index (χ0) is 40.0. The van der Waals surface area contributed by atoms with Crippen LogP contribution >= 0.6 is 0 Å². The molecule has 1 rings (SSSR count). The summed E-state index contributed by atoms with van der Waals surface area (Å²) in [7, 11) is 0. The molecule has 1 aliphatic heterocycles. The number of nitrogens with zero attached hydrogens (tertiary/aromatic N) is 2. The molecule has 0 aromatic carbocycles. The van der Waals surface area contributed by atoms with Gasteiger partial charge in [0.15, 0.2) is 0 Å². The Kier molecular flexibility index (Phi) is 34.3. The quantitative estimate of drug-likeness (QED) is 0.0490. The number of amides is 1. The minimum absolute atomic E-state index is 0.00441. The number of ether oxygens (including phenoxy) is 2. The standard InChI is InChI=1S/C47H87N3O5/c1-5-8-11-14-15-23-30-42-54-46(52)34-26-19-16-21-28-37-49(39-31-40-50-41-36-45(51)48-43(50)4)38-29-22-17-20-27-35-47(53)55-44(32-24-13-10-7-3)33-25-18-12-9-6-2/h36,41,44H,4-35,37-40,42H2,1-3H3,(H,48,51). The average Bonchev–Trinajstić information content (AvgIpc) is 3.17. The highest BCUT2D eigenvalue weighted by Crippen LogP contribution is 2.18. The zero-order valence-electron chi connectivity index (χ0n) is 36.3. The molecule has 55 heavy (non-hydrogen) atoms. The Morgan fingerprint density at radius 3 is 1.64 bits per heavy atom. The minimum atomic E-state index is -0.115. The molecule has 0 bridgehead atoms. The maximum Gasteiger partial charge on any atom is 0.306 e. The number of nitrogens with one attached hydrogen (secondary N) is 1. The number of unbranched alkanes of at least 4 members (excludes halogenated alkanes) is 21. The Labute approximate surface area is 339 Å². The van der Waals surface area contributed by atoms with E-state index in [1.165, 1.54) is 96.3 Å². The molecule has 1 unspecified atom stereocenters. The zero-order valence-corrected chi connectivity index (χ0v) is 36.3. The SMILES string of the molecule is C=C1NC(=O)C=CN1CCCN(CCCCCCCC(=O)OCCCCCCCCC)CCCCCCCC(=O)OC(CCCCCC)CCCCCCC. The Hall–Kier alpha value is -2.35. The van der Waals surface area contributed by atoms with Gasteiger partial charge in [0, 0.05) is 31.7 Å². The van der Waals surface area contributed by atoms with Gasteiger partial charge in [0.1, 0.15) is 11.9 Å². The lowest BCUT2D eigenvalue weighted by molar-refractivity contribution is -0.150. The maximum absolute atomic E-state index is 12.7.